The maximum absolute atomic E-state index is 13.0. The number of aryl methyl sites for hydroxylation is 1. The highest BCUT2D eigenvalue weighted by Gasteiger charge is 2.32. The van der Waals surface area contributed by atoms with Gasteiger partial charge in [-0.1, -0.05) is 6.92 Å². The van der Waals surface area contributed by atoms with Crippen LogP contribution in [-0.2, 0) is 12.6 Å². The van der Waals surface area contributed by atoms with Crippen molar-refractivity contribution in [2.45, 2.75) is 19.5 Å². The van der Waals surface area contributed by atoms with Crippen molar-refractivity contribution in [3.63, 3.8) is 0 Å². The molecule has 25 heavy (non-hydrogen) atoms. The van der Waals surface area contributed by atoms with Crippen molar-refractivity contribution in [2.24, 2.45) is 0 Å². The molecule has 3 rings (SSSR count). The van der Waals surface area contributed by atoms with Gasteiger partial charge in [0, 0.05) is 32.4 Å². The molecule has 0 spiro atoms. The number of pyridine rings is 1. The fraction of sp³-hybridized carbons (Fsp3) is 0.500. The first-order valence-electron chi connectivity index (χ1n) is 8.12. The third kappa shape index (κ3) is 3.62. The molecule has 2 aromatic rings. The number of carbonyl (C=O) groups is 1. The molecule has 136 valence electrons. The number of hydrogen-bond acceptors (Lipinski definition) is 4. The molecule has 1 N–H and O–H groups in total. The van der Waals surface area contributed by atoms with Crippen LogP contribution < -0.4 is 5.43 Å². The molecule has 0 radical (unpaired) electrons. The molecule has 0 saturated carbocycles. The topological polar surface area (TPSA) is 52.9 Å². The van der Waals surface area contributed by atoms with E-state index in [0.29, 0.717) is 30.9 Å². The second-order valence-corrected chi connectivity index (χ2v) is 6.14. The van der Waals surface area contributed by atoms with Crippen LogP contribution in [-0.4, -0.2) is 58.4 Å². The maximum atomic E-state index is 13.0. The summed E-state index contributed by atoms with van der Waals surface area (Å²) in [4.78, 5) is 19.1. The monoisotopic (exact) mass is 355 g/mol. The minimum absolute atomic E-state index is 0.155. The molecular weight excluding hydrogens is 335 g/mol. The number of nitrogens with one attached hydrogen (secondary N) is 1. The van der Waals surface area contributed by atoms with E-state index < -0.39 is 17.6 Å². The molecule has 1 fully saturated rings. The maximum Gasteiger partial charge on any atom is 0.417 e. The summed E-state index contributed by atoms with van der Waals surface area (Å²) in [7, 11) is 2.00. The van der Waals surface area contributed by atoms with Crippen LogP contribution in [0.5, 0.6) is 0 Å². The van der Waals surface area contributed by atoms with E-state index in [1.165, 1.54) is 10.5 Å². The molecule has 1 amide bonds. The predicted octanol–water partition coefficient (Wildman–Crippen LogP) is 1.81. The van der Waals surface area contributed by atoms with E-state index >= 15 is 0 Å². The van der Waals surface area contributed by atoms with Crippen molar-refractivity contribution in [1.82, 2.24) is 24.7 Å². The summed E-state index contributed by atoms with van der Waals surface area (Å²) in [6.45, 7) is 4.76. The number of piperazine rings is 1. The molecule has 0 aliphatic carbocycles. The number of likely N-dealkylation sites (N-methyl/N-ethyl adjacent to an activating group) is 1. The number of hydrogen-bond donors (Lipinski definition) is 1. The Labute approximate surface area is 143 Å². The first-order chi connectivity index (χ1) is 11.8. The van der Waals surface area contributed by atoms with E-state index in [1.54, 1.807) is 5.01 Å². The molecule has 1 saturated heterocycles. The predicted molar refractivity (Wildman–Crippen MR) is 86.1 cm³/mol. The first-order valence-corrected chi connectivity index (χ1v) is 8.12. The largest absolute Gasteiger partial charge is 0.417 e. The van der Waals surface area contributed by atoms with Gasteiger partial charge in [-0.05, 0) is 25.6 Å². The van der Waals surface area contributed by atoms with E-state index in [0.717, 1.165) is 25.4 Å². The summed E-state index contributed by atoms with van der Waals surface area (Å²) >= 11 is 0. The number of alkyl halides is 3. The molecule has 0 bridgehead atoms. The van der Waals surface area contributed by atoms with Gasteiger partial charge < -0.3 is 4.90 Å². The van der Waals surface area contributed by atoms with Crippen LogP contribution in [0.1, 0.15) is 28.7 Å². The number of halogens is 3. The average Bonchev–Trinajstić information content (AvgIpc) is 2.94. The van der Waals surface area contributed by atoms with E-state index in [-0.39, 0.29) is 5.69 Å². The first kappa shape index (κ1) is 17.7. The van der Waals surface area contributed by atoms with Crippen molar-refractivity contribution >= 4 is 11.6 Å². The Hall–Kier alpha value is -2.13. The third-order valence-electron chi connectivity index (χ3n) is 4.33. The van der Waals surface area contributed by atoms with Gasteiger partial charge in [-0.25, -0.2) is 9.99 Å². The van der Waals surface area contributed by atoms with Gasteiger partial charge in [-0.3, -0.25) is 14.6 Å². The van der Waals surface area contributed by atoms with Crippen LogP contribution in [0.3, 0.4) is 0 Å². The molecule has 6 nitrogen and oxygen atoms in total. The van der Waals surface area contributed by atoms with Crippen LogP contribution in [0.15, 0.2) is 18.3 Å². The molecule has 9 heteroatoms. The normalized spacial score (nSPS) is 17.2. The lowest BCUT2D eigenvalue weighted by Crippen LogP contribution is -2.52. The van der Waals surface area contributed by atoms with Crippen molar-refractivity contribution in [1.29, 1.82) is 0 Å². The van der Waals surface area contributed by atoms with Crippen LogP contribution >= 0.6 is 0 Å². The van der Waals surface area contributed by atoms with Crippen molar-refractivity contribution < 1.29 is 18.0 Å². The van der Waals surface area contributed by atoms with Gasteiger partial charge in [0.2, 0.25) is 0 Å². The van der Waals surface area contributed by atoms with Gasteiger partial charge in [0.15, 0.2) is 0 Å². The number of hydrazine groups is 1. The number of aromatic nitrogens is 2. The van der Waals surface area contributed by atoms with E-state index in [9.17, 15) is 18.0 Å². The van der Waals surface area contributed by atoms with Crippen molar-refractivity contribution in [3.8, 4) is 0 Å². The molecule has 0 aromatic carbocycles. The molecule has 3 heterocycles. The summed E-state index contributed by atoms with van der Waals surface area (Å²) in [5, 5.41) is 1.79. The zero-order valence-electron chi connectivity index (χ0n) is 14.1. The van der Waals surface area contributed by atoms with E-state index in [4.69, 9.17) is 0 Å². The number of amides is 1. The van der Waals surface area contributed by atoms with Crippen LogP contribution in [0.4, 0.5) is 13.2 Å². The summed E-state index contributed by atoms with van der Waals surface area (Å²) < 4.78 is 40.2. The Morgan fingerprint density at radius 2 is 1.92 bits per heavy atom. The molecular formula is C16H20F3N5O. The molecule has 0 atom stereocenters. The minimum atomic E-state index is -4.48. The second kappa shape index (κ2) is 6.64. The highest BCUT2D eigenvalue weighted by molar-refractivity contribution is 5.94. The van der Waals surface area contributed by atoms with Gasteiger partial charge in [0.05, 0.1) is 11.3 Å². The van der Waals surface area contributed by atoms with E-state index in [1.807, 2.05) is 14.0 Å². The lowest BCUT2D eigenvalue weighted by molar-refractivity contribution is -0.137. The summed E-state index contributed by atoms with van der Waals surface area (Å²) in [6, 6.07) is 2.26. The minimum Gasteiger partial charge on any atom is -0.304 e. The van der Waals surface area contributed by atoms with Crippen LogP contribution in [0.2, 0.25) is 0 Å². The average molecular weight is 355 g/mol. The summed E-state index contributed by atoms with van der Waals surface area (Å²) in [5.41, 5.74) is 2.94. The van der Waals surface area contributed by atoms with Crippen molar-refractivity contribution in [3.05, 3.63) is 35.3 Å². The van der Waals surface area contributed by atoms with Crippen LogP contribution in [0, 0.1) is 0 Å². The van der Waals surface area contributed by atoms with Gasteiger partial charge in [-0.2, -0.15) is 13.2 Å². The SMILES string of the molecule is CCc1nc2ccc(C(F)(F)F)cn2c1C(=O)NN1CCN(C)CC1. The van der Waals surface area contributed by atoms with Gasteiger partial charge in [0.25, 0.3) is 5.91 Å². The Balaban J connectivity index is 1.94. The lowest BCUT2D eigenvalue weighted by atomic mass is 10.2. The van der Waals surface area contributed by atoms with Crippen molar-refractivity contribution in [2.75, 3.05) is 33.2 Å². The molecule has 1 aliphatic heterocycles. The number of rotatable bonds is 3. The Morgan fingerprint density at radius 3 is 2.52 bits per heavy atom. The standard InChI is InChI=1S/C16H20F3N5O/c1-3-12-14(15(25)21-23-8-6-22(2)7-9-23)24-10-11(16(17,18)19)4-5-13(24)20-12/h4-5,10H,3,6-9H2,1-2H3,(H,21,25). The summed E-state index contributed by atoms with van der Waals surface area (Å²) in [6.07, 6.45) is -3.09. The van der Waals surface area contributed by atoms with Gasteiger partial charge in [-0.15, -0.1) is 0 Å². The zero-order chi connectivity index (χ0) is 18.2. The number of carbonyl (C=O) groups excluding carboxylic acids is 1. The lowest BCUT2D eigenvalue weighted by Gasteiger charge is -2.32. The molecule has 2 aromatic heterocycles. The Morgan fingerprint density at radius 1 is 1.24 bits per heavy atom. The number of imidazole rings is 1. The van der Waals surface area contributed by atoms with Crippen LogP contribution in [0.25, 0.3) is 5.65 Å². The fourth-order valence-corrected chi connectivity index (χ4v) is 2.86. The third-order valence-corrected chi connectivity index (χ3v) is 4.33. The fourth-order valence-electron chi connectivity index (χ4n) is 2.86. The highest BCUT2D eigenvalue weighted by atomic mass is 19.4. The molecule has 0 unspecified atom stereocenters. The quantitative estimate of drug-likeness (QED) is 0.912. The molecule has 1 aliphatic rings. The Bertz CT molecular complexity index is 778. The Kier molecular flexibility index (Phi) is 4.70. The highest BCUT2D eigenvalue weighted by Crippen LogP contribution is 2.30. The number of nitrogens with zero attached hydrogens (tertiary/aromatic N) is 4. The second-order valence-electron chi connectivity index (χ2n) is 6.14. The van der Waals surface area contributed by atoms with E-state index in [2.05, 4.69) is 15.3 Å². The van der Waals surface area contributed by atoms with Gasteiger partial charge in [0.1, 0.15) is 11.3 Å². The zero-order valence-corrected chi connectivity index (χ0v) is 14.1. The number of fused-ring (bicyclic) bond motifs is 1. The van der Waals surface area contributed by atoms with Gasteiger partial charge >= 0.3 is 6.18 Å². The smallest absolute Gasteiger partial charge is 0.304 e. The summed E-state index contributed by atoms with van der Waals surface area (Å²) in [5.74, 6) is -0.437.